The molecule has 1 N–H and O–H groups in total. The van der Waals surface area contributed by atoms with Crippen molar-refractivity contribution in [3.63, 3.8) is 0 Å². The molecule has 0 saturated carbocycles. The topological polar surface area (TPSA) is 32.7 Å². The van der Waals surface area contributed by atoms with E-state index in [0.717, 1.165) is 12.1 Å². The van der Waals surface area contributed by atoms with E-state index in [-0.39, 0.29) is 12.4 Å². The van der Waals surface area contributed by atoms with Crippen LogP contribution in [-0.2, 0) is 10.5 Å². The lowest BCUT2D eigenvalue weighted by Gasteiger charge is -2.46. The number of morpholine rings is 1. The van der Waals surface area contributed by atoms with Gasteiger partial charge in [0.15, 0.2) is 0 Å². The van der Waals surface area contributed by atoms with Crippen molar-refractivity contribution in [3.05, 3.63) is 35.9 Å². The summed E-state index contributed by atoms with van der Waals surface area (Å²) in [6, 6.07) is 10.2. The number of hydrogen-bond acceptors (Lipinski definition) is 3. The van der Waals surface area contributed by atoms with Crippen molar-refractivity contribution in [2.45, 2.75) is 31.1 Å². The van der Waals surface area contributed by atoms with Crippen LogP contribution in [0, 0.1) is 0 Å². The Hall–Kier alpha value is -0.610. The molecule has 3 rings (SSSR count). The zero-order valence-corrected chi connectivity index (χ0v) is 11.2. The first-order valence-electron chi connectivity index (χ1n) is 6.44. The highest BCUT2D eigenvalue weighted by Gasteiger charge is 2.40. The van der Waals surface area contributed by atoms with Crippen molar-refractivity contribution >= 4 is 12.4 Å². The Labute approximate surface area is 114 Å². The second-order valence-corrected chi connectivity index (χ2v) is 5.08. The molecule has 0 bridgehead atoms. The predicted octanol–water partition coefficient (Wildman–Crippen LogP) is 2.14. The van der Waals surface area contributed by atoms with Gasteiger partial charge in [0.05, 0.1) is 13.2 Å². The molecule has 4 heteroatoms. The van der Waals surface area contributed by atoms with Crippen LogP contribution in [0.5, 0.6) is 0 Å². The largest absolute Gasteiger partial charge is 0.361 e. The quantitative estimate of drug-likeness (QED) is 0.848. The Kier molecular flexibility index (Phi) is 4.28. The molecule has 0 amide bonds. The number of ether oxygens (including phenoxy) is 1. The van der Waals surface area contributed by atoms with Gasteiger partial charge in [0.2, 0.25) is 5.79 Å². The summed E-state index contributed by atoms with van der Waals surface area (Å²) < 4.78 is 5.73. The first kappa shape index (κ1) is 13.8. The van der Waals surface area contributed by atoms with Gasteiger partial charge in [-0.3, -0.25) is 4.90 Å². The number of piperidine rings is 1. The molecule has 18 heavy (non-hydrogen) atoms. The van der Waals surface area contributed by atoms with Crippen LogP contribution in [0.2, 0.25) is 0 Å². The first-order chi connectivity index (χ1) is 8.28. The number of fused-ring (bicyclic) bond motifs is 1. The maximum Gasteiger partial charge on any atom is 0.205 e. The molecule has 2 heterocycles. The summed E-state index contributed by atoms with van der Waals surface area (Å²) in [6.45, 7) is 2.33. The van der Waals surface area contributed by atoms with E-state index in [1.54, 1.807) is 0 Å². The van der Waals surface area contributed by atoms with Crippen molar-refractivity contribution in [1.29, 1.82) is 0 Å². The van der Waals surface area contributed by atoms with E-state index in [0.29, 0.717) is 19.2 Å². The molecule has 2 atom stereocenters. The van der Waals surface area contributed by atoms with Gasteiger partial charge >= 0.3 is 0 Å². The average molecular weight is 270 g/mol. The van der Waals surface area contributed by atoms with Crippen molar-refractivity contribution in [2.75, 3.05) is 19.7 Å². The van der Waals surface area contributed by atoms with Crippen molar-refractivity contribution in [2.24, 2.45) is 0 Å². The van der Waals surface area contributed by atoms with Crippen LogP contribution in [0.4, 0.5) is 0 Å². The lowest BCUT2D eigenvalue weighted by molar-refractivity contribution is -0.264. The SMILES string of the molecule is Cl.OC1(c2ccccc2)CN2CCCCC2CO1. The third-order valence-corrected chi connectivity index (χ3v) is 3.91. The molecule has 0 radical (unpaired) electrons. The summed E-state index contributed by atoms with van der Waals surface area (Å²) in [5.41, 5.74) is 0.865. The van der Waals surface area contributed by atoms with Crippen LogP contribution in [0.15, 0.2) is 30.3 Å². The Balaban J connectivity index is 0.00000120. The van der Waals surface area contributed by atoms with Gasteiger partial charge in [-0.1, -0.05) is 36.8 Å². The van der Waals surface area contributed by atoms with E-state index >= 15 is 0 Å². The molecular weight excluding hydrogens is 250 g/mol. The third-order valence-electron chi connectivity index (χ3n) is 3.91. The number of aliphatic hydroxyl groups is 1. The summed E-state index contributed by atoms with van der Waals surface area (Å²) in [5, 5.41) is 10.6. The summed E-state index contributed by atoms with van der Waals surface area (Å²) in [7, 11) is 0. The second-order valence-electron chi connectivity index (χ2n) is 5.08. The molecule has 2 aliphatic heterocycles. The van der Waals surface area contributed by atoms with Crippen LogP contribution in [0.3, 0.4) is 0 Å². The molecule has 2 fully saturated rings. The molecule has 1 aromatic rings. The summed E-state index contributed by atoms with van der Waals surface area (Å²) in [4.78, 5) is 2.38. The lowest BCUT2D eigenvalue weighted by Crippen LogP contribution is -2.56. The van der Waals surface area contributed by atoms with Gasteiger partial charge in [-0.2, -0.15) is 0 Å². The van der Waals surface area contributed by atoms with E-state index in [1.165, 1.54) is 19.3 Å². The Bertz CT molecular complexity index is 387. The van der Waals surface area contributed by atoms with E-state index < -0.39 is 5.79 Å². The molecule has 0 aromatic heterocycles. The fourth-order valence-electron chi connectivity index (χ4n) is 2.89. The lowest BCUT2D eigenvalue weighted by atomic mass is 9.96. The third kappa shape index (κ3) is 2.54. The predicted molar refractivity (Wildman–Crippen MR) is 72.8 cm³/mol. The Morgan fingerprint density at radius 3 is 2.78 bits per heavy atom. The minimum Gasteiger partial charge on any atom is -0.361 e. The Morgan fingerprint density at radius 2 is 2.00 bits per heavy atom. The van der Waals surface area contributed by atoms with E-state index in [1.807, 2.05) is 30.3 Å². The minimum atomic E-state index is -1.12. The van der Waals surface area contributed by atoms with Gasteiger partial charge in [0.1, 0.15) is 0 Å². The highest BCUT2D eigenvalue weighted by atomic mass is 35.5. The second kappa shape index (κ2) is 5.57. The van der Waals surface area contributed by atoms with Crippen molar-refractivity contribution in [3.8, 4) is 0 Å². The summed E-state index contributed by atoms with van der Waals surface area (Å²) in [5.74, 6) is -1.12. The van der Waals surface area contributed by atoms with Crippen LogP contribution >= 0.6 is 12.4 Å². The van der Waals surface area contributed by atoms with Crippen LogP contribution < -0.4 is 0 Å². The van der Waals surface area contributed by atoms with Crippen molar-refractivity contribution < 1.29 is 9.84 Å². The Morgan fingerprint density at radius 1 is 1.22 bits per heavy atom. The number of halogens is 1. The molecule has 3 nitrogen and oxygen atoms in total. The standard InChI is InChI=1S/C14H19NO2.ClH/c16-14(12-6-2-1-3-7-12)11-15-9-5-4-8-13(15)10-17-14;/h1-3,6-7,13,16H,4-5,8-11H2;1H. The summed E-state index contributed by atoms with van der Waals surface area (Å²) in [6.07, 6.45) is 3.72. The summed E-state index contributed by atoms with van der Waals surface area (Å²) >= 11 is 0. The number of rotatable bonds is 1. The number of benzene rings is 1. The molecule has 0 aliphatic carbocycles. The maximum atomic E-state index is 10.6. The molecule has 2 unspecified atom stereocenters. The van der Waals surface area contributed by atoms with Gasteiger partial charge in [-0.05, 0) is 19.4 Å². The minimum absolute atomic E-state index is 0. The van der Waals surface area contributed by atoms with Gasteiger partial charge in [0, 0.05) is 11.6 Å². The fourth-order valence-corrected chi connectivity index (χ4v) is 2.89. The van der Waals surface area contributed by atoms with Crippen LogP contribution in [0.25, 0.3) is 0 Å². The average Bonchev–Trinajstić information content (AvgIpc) is 2.40. The zero-order valence-electron chi connectivity index (χ0n) is 10.4. The molecule has 0 spiro atoms. The van der Waals surface area contributed by atoms with Crippen LogP contribution in [-0.4, -0.2) is 35.7 Å². The molecule has 2 aliphatic rings. The molecule has 2 saturated heterocycles. The highest BCUT2D eigenvalue weighted by molar-refractivity contribution is 5.85. The van der Waals surface area contributed by atoms with E-state index in [2.05, 4.69) is 4.90 Å². The molecule has 100 valence electrons. The van der Waals surface area contributed by atoms with Gasteiger partial charge < -0.3 is 9.84 Å². The highest BCUT2D eigenvalue weighted by Crippen LogP contribution is 2.32. The molecule has 1 aromatic carbocycles. The normalized spacial score (nSPS) is 32.4. The van der Waals surface area contributed by atoms with E-state index in [9.17, 15) is 5.11 Å². The number of hydrogen-bond donors (Lipinski definition) is 1. The molecular formula is C14H20ClNO2. The smallest absolute Gasteiger partial charge is 0.205 e. The van der Waals surface area contributed by atoms with Gasteiger partial charge in [-0.25, -0.2) is 0 Å². The number of nitrogens with zero attached hydrogens (tertiary/aromatic N) is 1. The van der Waals surface area contributed by atoms with Crippen LogP contribution in [0.1, 0.15) is 24.8 Å². The van der Waals surface area contributed by atoms with Gasteiger partial charge in [0.25, 0.3) is 0 Å². The fraction of sp³-hybridized carbons (Fsp3) is 0.571. The van der Waals surface area contributed by atoms with E-state index in [4.69, 9.17) is 4.74 Å². The first-order valence-corrected chi connectivity index (χ1v) is 6.44. The van der Waals surface area contributed by atoms with Crippen molar-refractivity contribution in [1.82, 2.24) is 4.90 Å². The maximum absolute atomic E-state index is 10.6. The zero-order chi connectivity index (χ0) is 11.7. The van der Waals surface area contributed by atoms with Gasteiger partial charge in [-0.15, -0.1) is 12.4 Å². The monoisotopic (exact) mass is 269 g/mol.